The molecule has 2 amide bonds. The van der Waals surface area contributed by atoms with Crippen molar-refractivity contribution < 1.29 is 33.7 Å². The van der Waals surface area contributed by atoms with E-state index >= 15 is 0 Å². The topological polar surface area (TPSA) is 114 Å². The van der Waals surface area contributed by atoms with Crippen LogP contribution in [0.5, 0.6) is 11.5 Å². The summed E-state index contributed by atoms with van der Waals surface area (Å²) in [5.74, 6) is -1.51. The van der Waals surface area contributed by atoms with Gasteiger partial charge in [-0.3, -0.25) is 4.79 Å². The summed E-state index contributed by atoms with van der Waals surface area (Å²) in [4.78, 5) is 37.5. The molecule has 0 aromatic heterocycles. The molecule has 1 heterocycles. The van der Waals surface area contributed by atoms with Gasteiger partial charge in [-0.1, -0.05) is 6.92 Å². The normalized spacial score (nSPS) is 19.2. The van der Waals surface area contributed by atoms with E-state index in [1.54, 1.807) is 0 Å². The number of esters is 1. The number of benzene rings is 1. The van der Waals surface area contributed by atoms with Gasteiger partial charge in [0.25, 0.3) is 0 Å². The van der Waals surface area contributed by atoms with E-state index in [1.807, 2.05) is 6.92 Å². The first kappa shape index (κ1) is 20.3. The molecule has 2 atom stereocenters. The second kappa shape index (κ2) is 8.61. The van der Waals surface area contributed by atoms with Crippen molar-refractivity contribution in [2.75, 3.05) is 39.7 Å². The fraction of sp³-hybridized carbons (Fsp3) is 0.500. The molecule has 1 saturated heterocycles. The second-order valence-corrected chi connectivity index (χ2v) is 6.46. The van der Waals surface area contributed by atoms with Crippen LogP contribution in [0, 0.1) is 11.8 Å². The highest BCUT2D eigenvalue weighted by molar-refractivity contribution is 6.01. The minimum atomic E-state index is -0.930. The number of hydrogen-bond donors (Lipinski definition) is 2. The highest BCUT2D eigenvalue weighted by Gasteiger charge is 2.32. The molecule has 148 valence electrons. The van der Waals surface area contributed by atoms with Crippen LogP contribution in [0.4, 0.5) is 10.5 Å². The summed E-state index contributed by atoms with van der Waals surface area (Å²) in [5.41, 5.74) is 0.290. The number of rotatable bonds is 5. The number of carbonyl (C=O) groups excluding carboxylic acids is 2. The van der Waals surface area contributed by atoms with E-state index in [9.17, 15) is 19.5 Å². The summed E-state index contributed by atoms with van der Waals surface area (Å²) in [5, 5.41) is 11.9. The molecule has 0 aliphatic carbocycles. The van der Waals surface area contributed by atoms with Crippen molar-refractivity contribution in [3.05, 3.63) is 17.7 Å². The lowest BCUT2D eigenvalue weighted by Crippen LogP contribution is -2.47. The number of likely N-dealkylation sites (tertiary alicyclic amines) is 1. The molecular formula is C18H24N2O7. The highest BCUT2D eigenvalue weighted by Crippen LogP contribution is 2.34. The van der Waals surface area contributed by atoms with Crippen molar-refractivity contribution in [1.29, 1.82) is 0 Å². The van der Waals surface area contributed by atoms with E-state index in [0.29, 0.717) is 24.5 Å². The minimum Gasteiger partial charge on any atom is -0.493 e. The average molecular weight is 380 g/mol. The van der Waals surface area contributed by atoms with Gasteiger partial charge in [0.1, 0.15) is 0 Å². The molecule has 0 saturated carbocycles. The molecule has 2 N–H and O–H groups in total. The quantitative estimate of drug-likeness (QED) is 0.752. The van der Waals surface area contributed by atoms with E-state index in [2.05, 4.69) is 5.32 Å². The molecule has 1 fully saturated rings. The summed E-state index contributed by atoms with van der Waals surface area (Å²) >= 11 is 0. The number of carboxylic acid groups (broad SMARTS) is 1. The average Bonchev–Trinajstić information content (AvgIpc) is 2.66. The van der Waals surface area contributed by atoms with Gasteiger partial charge in [-0.2, -0.15) is 0 Å². The number of carboxylic acids is 1. The zero-order chi connectivity index (χ0) is 20.1. The van der Waals surface area contributed by atoms with E-state index in [1.165, 1.54) is 38.4 Å². The number of hydrogen-bond acceptors (Lipinski definition) is 6. The van der Waals surface area contributed by atoms with Crippen molar-refractivity contribution in [2.45, 2.75) is 13.3 Å². The van der Waals surface area contributed by atoms with Crippen molar-refractivity contribution in [1.82, 2.24) is 4.90 Å². The van der Waals surface area contributed by atoms with Crippen LogP contribution < -0.4 is 14.8 Å². The van der Waals surface area contributed by atoms with Gasteiger partial charge in [-0.05, 0) is 12.3 Å². The molecular weight excluding hydrogens is 356 g/mol. The van der Waals surface area contributed by atoms with Gasteiger partial charge >= 0.3 is 18.0 Å². The van der Waals surface area contributed by atoms with Gasteiger partial charge in [0.05, 0.1) is 38.5 Å². The van der Waals surface area contributed by atoms with E-state index < -0.39 is 23.9 Å². The van der Waals surface area contributed by atoms with Crippen LogP contribution in [-0.2, 0) is 9.53 Å². The fourth-order valence-corrected chi connectivity index (χ4v) is 3.15. The number of aliphatic carboxylic acids is 1. The Morgan fingerprint density at radius 1 is 1.11 bits per heavy atom. The first-order valence-electron chi connectivity index (χ1n) is 8.43. The zero-order valence-electron chi connectivity index (χ0n) is 15.8. The van der Waals surface area contributed by atoms with Crippen LogP contribution >= 0.6 is 0 Å². The molecule has 2 rings (SSSR count). The minimum absolute atomic E-state index is 0.0519. The van der Waals surface area contributed by atoms with Crippen LogP contribution in [0.3, 0.4) is 0 Å². The Bertz CT molecular complexity index is 735. The highest BCUT2D eigenvalue weighted by atomic mass is 16.5. The Balaban J connectivity index is 2.30. The van der Waals surface area contributed by atoms with Crippen molar-refractivity contribution in [3.63, 3.8) is 0 Å². The Morgan fingerprint density at radius 3 is 2.30 bits per heavy atom. The predicted molar refractivity (Wildman–Crippen MR) is 96.4 cm³/mol. The monoisotopic (exact) mass is 380 g/mol. The maximum atomic E-state index is 12.7. The molecule has 1 aliphatic heterocycles. The van der Waals surface area contributed by atoms with Crippen molar-refractivity contribution in [3.8, 4) is 11.5 Å². The number of carbonyl (C=O) groups is 3. The SMILES string of the molecule is COC(=O)c1cc(OC)c(OC)cc1NC(=O)N1CC(C)CC(C(=O)O)C1. The number of nitrogens with one attached hydrogen (secondary N) is 1. The summed E-state index contributed by atoms with van der Waals surface area (Å²) in [7, 11) is 4.10. The predicted octanol–water partition coefficient (Wildman–Crippen LogP) is 2.06. The number of nitrogens with zero attached hydrogens (tertiary/aromatic N) is 1. The molecule has 9 heteroatoms. The summed E-state index contributed by atoms with van der Waals surface area (Å²) < 4.78 is 15.2. The van der Waals surface area contributed by atoms with E-state index in [-0.39, 0.29) is 23.7 Å². The summed E-state index contributed by atoms with van der Waals surface area (Å²) in [6, 6.07) is 2.38. The molecule has 0 radical (unpaired) electrons. The van der Waals surface area contributed by atoms with E-state index in [4.69, 9.17) is 14.2 Å². The molecule has 1 aliphatic rings. The number of piperidine rings is 1. The molecule has 1 aromatic carbocycles. The summed E-state index contributed by atoms with van der Waals surface area (Å²) in [6.45, 7) is 2.43. The smallest absolute Gasteiger partial charge is 0.340 e. The van der Waals surface area contributed by atoms with Crippen LogP contribution in [0.15, 0.2) is 12.1 Å². The van der Waals surface area contributed by atoms with Gasteiger partial charge in [-0.15, -0.1) is 0 Å². The maximum absolute atomic E-state index is 12.7. The lowest BCUT2D eigenvalue weighted by molar-refractivity contribution is -0.143. The number of anilines is 1. The lowest BCUT2D eigenvalue weighted by atomic mass is 9.91. The van der Waals surface area contributed by atoms with Crippen molar-refractivity contribution in [2.24, 2.45) is 11.8 Å². The molecule has 2 unspecified atom stereocenters. The largest absolute Gasteiger partial charge is 0.493 e. The van der Waals surface area contributed by atoms with Crippen LogP contribution in [0.2, 0.25) is 0 Å². The summed E-state index contributed by atoms with van der Waals surface area (Å²) in [6.07, 6.45) is 0.517. The third-order valence-electron chi connectivity index (χ3n) is 4.47. The first-order valence-corrected chi connectivity index (χ1v) is 8.43. The third-order valence-corrected chi connectivity index (χ3v) is 4.47. The Labute approximate surface area is 157 Å². The van der Waals surface area contributed by atoms with Gasteiger partial charge in [0.15, 0.2) is 11.5 Å². The molecule has 9 nitrogen and oxygen atoms in total. The number of amides is 2. The zero-order valence-corrected chi connectivity index (χ0v) is 15.8. The maximum Gasteiger partial charge on any atom is 0.340 e. The fourth-order valence-electron chi connectivity index (χ4n) is 3.15. The van der Waals surface area contributed by atoms with Crippen LogP contribution in [0.1, 0.15) is 23.7 Å². The molecule has 0 bridgehead atoms. The first-order chi connectivity index (χ1) is 12.8. The third kappa shape index (κ3) is 4.60. The Morgan fingerprint density at radius 2 is 1.74 bits per heavy atom. The number of urea groups is 1. The van der Waals surface area contributed by atoms with Gasteiger partial charge in [0, 0.05) is 25.2 Å². The molecule has 0 spiro atoms. The molecule has 1 aromatic rings. The van der Waals surface area contributed by atoms with Crippen LogP contribution in [0.25, 0.3) is 0 Å². The van der Waals surface area contributed by atoms with Gasteiger partial charge < -0.3 is 29.5 Å². The molecule has 27 heavy (non-hydrogen) atoms. The second-order valence-electron chi connectivity index (χ2n) is 6.46. The van der Waals surface area contributed by atoms with E-state index in [0.717, 1.165) is 0 Å². The Kier molecular flexibility index (Phi) is 6.49. The number of methoxy groups -OCH3 is 3. The van der Waals surface area contributed by atoms with Crippen molar-refractivity contribution >= 4 is 23.7 Å². The van der Waals surface area contributed by atoms with Gasteiger partial charge in [-0.25, -0.2) is 9.59 Å². The Hall–Kier alpha value is -2.97. The van der Waals surface area contributed by atoms with Gasteiger partial charge in [0.2, 0.25) is 0 Å². The number of ether oxygens (including phenoxy) is 3. The van der Waals surface area contributed by atoms with Crippen LogP contribution in [-0.4, -0.2) is 62.4 Å². The standard InChI is InChI=1S/C18H24N2O7/c1-10-5-11(16(21)22)9-20(8-10)18(24)19-13-7-15(26-3)14(25-2)6-12(13)17(23)27-4/h6-7,10-11H,5,8-9H2,1-4H3,(H,19,24)(H,21,22). The lowest BCUT2D eigenvalue weighted by Gasteiger charge is -2.34.